The molecule has 1 heterocycles. The molecule has 1 saturated heterocycles. The number of hydrogen-bond acceptors (Lipinski definition) is 7. The van der Waals surface area contributed by atoms with Crippen LogP contribution < -0.4 is 4.74 Å². The first-order chi connectivity index (χ1) is 11.9. The minimum atomic E-state index is -1.13. The van der Waals surface area contributed by atoms with Gasteiger partial charge in [0.2, 0.25) is 0 Å². The van der Waals surface area contributed by atoms with Gasteiger partial charge in [-0.25, -0.2) is 4.79 Å². The van der Waals surface area contributed by atoms with Crippen molar-refractivity contribution in [2.45, 2.75) is 6.92 Å². The summed E-state index contributed by atoms with van der Waals surface area (Å²) in [4.78, 5) is 47.3. The zero-order valence-electron chi connectivity index (χ0n) is 13.3. The molecule has 1 aromatic carbocycles. The number of carboxylic acids is 1. The number of benzene rings is 1. The molecule has 1 aliphatic heterocycles. The van der Waals surface area contributed by atoms with E-state index >= 15 is 0 Å². The third-order valence-corrected chi connectivity index (χ3v) is 3.93. The zero-order chi connectivity index (χ0) is 18.4. The van der Waals surface area contributed by atoms with Crippen molar-refractivity contribution >= 4 is 40.9 Å². The molecule has 1 aromatic rings. The van der Waals surface area contributed by atoms with Crippen LogP contribution in [0.3, 0.4) is 0 Å². The Hall–Kier alpha value is -2.81. The first-order valence-electron chi connectivity index (χ1n) is 7.27. The zero-order valence-corrected chi connectivity index (χ0v) is 14.1. The summed E-state index contributed by atoms with van der Waals surface area (Å²) in [5.41, 5.74) is 0.449. The number of carbonyl (C=O) groups excluding carboxylic acids is 3. The van der Waals surface area contributed by atoms with Crippen LogP contribution in [0.5, 0.6) is 5.75 Å². The van der Waals surface area contributed by atoms with Crippen LogP contribution in [0.15, 0.2) is 29.2 Å². The SMILES string of the molecule is CCOC(=O)CN1C(=O)S/C(=C/c2ccccc2OCC(=O)O)C1=O. The molecular formula is C16H15NO7S. The van der Waals surface area contributed by atoms with Crippen LogP contribution >= 0.6 is 11.8 Å². The number of carboxylic acid groups (broad SMARTS) is 1. The Morgan fingerprint density at radius 3 is 2.68 bits per heavy atom. The normalized spacial score (nSPS) is 15.6. The lowest BCUT2D eigenvalue weighted by atomic mass is 10.2. The predicted octanol–water partition coefficient (Wildman–Crippen LogP) is 1.75. The van der Waals surface area contributed by atoms with Crippen molar-refractivity contribution in [3.8, 4) is 5.75 Å². The first-order valence-corrected chi connectivity index (χ1v) is 8.08. The Balaban J connectivity index is 2.19. The maximum absolute atomic E-state index is 12.3. The minimum Gasteiger partial charge on any atom is -0.481 e. The summed E-state index contributed by atoms with van der Waals surface area (Å²) >= 11 is 0.689. The highest BCUT2D eigenvalue weighted by atomic mass is 32.2. The average molecular weight is 365 g/mol. The number of hydrogen-bond donors (Lipinski definition) is 1. The lowest BCUT2D eigenvalue weighted by molar-refractivity contribution is -0.146. The van der Waals surface area contributed by atoms with Gasteiger partial charge in [-0.3, -0.25) is 19.3 Å². The van der Waals surface area contributed by atoms with Crippen LogP contribution in [0.1, 0.15) is 12.5 Å². The van der Waals surface area contributed by atoms with E-state index in [1.807, 2.05) is 0 Å². The maximum atomic E-state index is 12.3. The Morgan fingerprint density at radius 2 is 2.00 bits per heavy atom. The molecule has 0 unspecified atom stereocenters. The first kappa shape index (κ1) is 18.5. The highest BCUT2D eigenvalue weighted by Crippen LogP contribution is 2.33. The molecule has 1 fully saturated rings. The molecule has 0 atom stereocenters. The number of esters is 1. The van der Waals surface area contributed by atoms with Gasteiger partial charge < -0.3 is 14.6 Å². The van der Waals surface area contributed by atoms with Gasteiger partial charge in [0.05, 0.1) is 11.5 Å². The standard InChI is InChI=1S/C16H15NO7S/c1-2-23-14(20)8-17-15(21)12(25-16(17)22)7-10-5-3-4-6-11(10)24-9-13(18)19/h3-7H,2,8-9H2,1H3,(H,18,19)/b12-7+. The Kier molecular flexibility index (Phi) is 6.18. The number of ether oxygens (including phenoxy) is 2. The second kappa shape index (κ2) is 8.34. The van der Waals surface area contributed by atoms with E-state index in [-0.39, 0.29) is 17.3 Å². The van der Waals surface area contributed by atoms with Crippen molar-refractivity contribution in [3.05, 3.63) is 34.7 Å². The summed E-state index contributed by atoms with van der Waals surface area (Å²) in [6.45, 7) is 0.793. The van der Waals surface area contributed by atoms with Gasteiger partial charge in [0.15, 0.2) is 6.61 Å². The van der Waals surface area contributed by atoms with Gasteiger partial charge in [-0.2, -0.15) is 0 Å². The molecule has 1 aliphatic rings. The molecule has 8 nitrogen and oxygen atoms in total. The maximum Gasteiger partial charge on any atom is 0.341 e. The van der Waals surface area contributed by atoms with Gasteiger partial charge in [0.25, 0.3) is 11.1 Å². The lowest BCUT2D eigenvalue weighted by Crippen LogP contribution is -2.34. The van der Waals surface area contributed by atoms with Crippen LogP contribution in [0.4, 0.5) is 4.79 Å². The Labute approximate surface area is 147 Å². The molecule has 9 heteroatoms. The predicted molar refractivity (Wildman–Crippen MR) is 88.9 cm³/mol. The van der Waals surface area contributed by atoms with Gasteiger partial charge in [0.1, 0.15) is 12.3 Å². The van der Waals surface area contributed by atoms with E-state index in [1.54, 1.807) is 31.2 Å². The summed E-state index contributed by atoms with van der Waals surface area (Å²) in [6.07, 6.45) is 1.42. The van der Waals surface area contributed by atoms with Crippen molar-refractivity contribution in [2.24, 2.45) is 0 Å². The number of carbonyl (C=O) groups is 4. The number of nitrogens with zero attached hydrogens (tertiary/aromatic N) is 1. The summed E-state index contributed by atoms with van der Waals surface area (Å²) in [5, 5.41) is 8.12. The van der Waals surface area contributed by atoms with Crippen molar-refractivity contribution in [3.63, 3.8) is 0 Å². The number of thioether (sulfide) groups is 1. The fourth-order valence-corrected chi connectivity index (χ4v) is 2.81. The van der Waals surface area contributed by atoms with E-state index in [9.17, 15) is 19.2 Å². The van der Waals surface area contributed by atoms with Crippen molar-refractivity contribution in [1.29, 1.82) is 0 Å². The van der Waals surface area contributed by atoms with Crippen molar-refractivity contribution in [2.75, 3.05) is 19.8 Å². The van der Waals surface area contributed by atoms with Gasteiger partial charge in [0, 0.05) is 5.56 Å². The van der Waals surface area contributed by atoms with E-state index < -0.39 is 36.2 Å². The number of amides is 2. The second-order valence-electron chi connectivity index (χ2n) is 4.79. The molecule has 0 aromatic heterocycles. The van der Waals surface area contributed by atoms with E-state index in [0.717, 1.165) is 4.90 Å². The molecule has 0 radical (unpaired) electrons. The summed E-state index contributed by atoms with van der Waals surface area (Å²) in [7, 11) is 0. The molecule has 0 bridgehead atoms. The lowest BCUT2D eigenvalue weighted by Gasteiger charge is -2.11. The van der Waals surface area contributed by atoms with Crippen LogP contribution in [0, 0.1) is 0 Å². The van der Waals surface area contributed by atoms with Crippen LogP contribution in [-0.4, -0.2) is 52.8 Å². The highest BCUT2D eigenvalue weighted by molar-refractivity contribution is 8.18. The molecule has 0 spiro atoms. The fraction of sp³-hybridized carbons (Fsp3) is 0.250. The molecule has 0 saturated carbocycles. The monoisotopic (exact) mass is 365 g/mol. The molecule has 132 valence electrons. The third-order valence-electron chi connectivity index (χ3n) is 3.02. The van der Waals surface area contributed by atoms with Crippen molar-refractivity contribution < 1.29 is 33.8 Å². The molecular weight excluding hydrogens is 350 g/mol. The summed E-state index contributed by atoms with van der Waals surface area (Å²) in [5.74, 6) is -2.15. The summed E-state index contributed by atoms with van der Waals surface area (Å²) < 4.78 is 9.90. The molecule has 2 rings (SSSR count). The number of para-hydroxylation sites is 1. The van der Waals surface area contributed by atoms with E-state index in [1.165, 1.54) is 6.08 Å². The van der Waals surface area contributed by atoms with Gasteiger partial charge in [-0.1, -0.05) is 18.2 Å². The average Bonchev–Trinajstić information content (AvgIpc) is 2.82. The minimum absolute atomic E-state index is 0.112. The van der Waals surface area contributed by atoms with Crippen molar-refractivity contribution in [1.82, 2.24) is 4.90 Å². The van der Waals surface area contributed by atoms with Crippen LogP contribution in [-0.2, 0) is 19.1 Å². The van der Waals surface area contributed by atoms with Gasteiger partial charge in [-0.05, 0) is 30.8 Å². The Morgan fingerprint density at radius 1 is 1.28 bits per heavy atom. The highest BCUT2D eigenvalue weighted by Gasteiger charge is 2.36. The Bertz CT molecular complexity index is 744. The van der Waals surface area contributed by atoms with Gasteiger partial charge in [-0.15, -0.1) is 0 Å². The van der Waals surface area contributed by atoms with Gasteiger partial charge >= 0.3 is 11.9 Å². The topological polar surface area (TPSA) is 110 Å². The second-order valence-corrected chi connectivity index (χ2v) is 5.79. The smallest absolute Gasteiger partial charge is 0.341 e. The molecule has 1 N–H and O–H groups in total. The van der Waals surface area contributed by atoms with Crippen LogP contribution in [0.2, 0.25) is 0 Å². The molecule has 0 aliphatic carbocycles. The number of aliphatic carboxylic acids is 1. The largest absolute Gasteiger partial charge is 0.481 e. The van der Waals surface area contributed by atoms with E-state index in [0.29, 0.717) is 17.3 Å². The summed E-state index contributed by atoms with van der Waals surface area (Å²) in [6, 6.07) is 6.51. The van der Waals surface area contributed by atoms with E-state index in [2.05, 4.69) is 0 Å². The van der Waals surface area contributed by atoms with Crippen LogP contribution in [0.25, 0.3) is 6.08 Å². The molecule has 2 amide bonds. The third kappa shape index (κ3) is 4.83. The molecule has 25 heavy (non-hydrogen) atoms. The fourth-order valence-electron chi connectivity index (χ4n) is 1.98. The quantitative estimate of drug-likeness (QED) is 0.575. The van der Waals surface area contributed by atoms with E-state index in [4.69, 9.17) is 14.6 Å². The number of rotatable bonds is 7. The number of imide groups is 1.